The predicted molar refractivity (Wildman–Crippen MR) is 134 cm³/mol. The molecule has 2 amide bonds. The van der Waals surface area contributed by atoms with Gasteiger partial charge in [-0.05, 0) is 18.2 Å². The van der Waals surface area contributed by atoms with Crippen LogP contribution in [0.5, 0.6) is 23.1 Å². The van der Waals surface area contributed by atoms with Gasteiger partial charge in [-0.3, -0.25) is 5.32 Å². The standard InChI is InChI=1S/C26H21N5O5/c1-33-22-12-19-21(13-23(22)34-2)27-15-28-25(19)35-18-10-6-9-17(11-18)29-26(32)30-24-14-20(31-36-24)16-7-4-3-5-8-16/h3-15H,1-2H3,(H2,29,30,32). The fourth-order valence-corrected chi connectivity index (χ4v) is 3.54. The number of hydrogen-bond acceptors (Lipinski definition) is 8. The van der Waals surface area contributed by atoms with E-state index in [1.807, 2.05) is 30.3 Å². The summed E-state index contributed by atoms with van der Waals surface area (Å²) < 4.78 is 22.0. The number of nitrogens with zero attached hydrogens (tertiary/aromatic N) is 3. The number of aromatic nitrogens is 3. The number of hydrogen-bond donors (Lipinski definition) is 2. The average Bonchev–Trinajstić information content (AvgIpc) is 3.37. The van der Waals surface area contributed by atoms with Crippen molar-refractivity contribution in [1.29, 1.82) is 0 Å². The first kappa shape index (κ1) is 22.7. The van der Waals surface area contributed by atoms with Crippen LogP contribution in [0.3, 0.4) is 0 Å². The quantitative estimate of drug-likeness (QED) is 0.301. The second-order valence-electron chi connectivity index (χ2n) is 7.55. The van der Waals surface area contributed by atoms with Gasteiger partial charge in [0.25, 0.3) is 0 Å². The predicted octanol–water partition coefficient (Wildman–Crippen LogP) is 5.74. The zero-order valence-corrected chi connectivity index (χ0v) is 19.4. The van der Waals surface area contributed by atoms with Crippen molar-refractivity contribution in [3.05, 3.63) is 79.1 Å². The van der Waals surface area contributed by atoms with Crippen molar-refractivity contribution in [2.24, 2.45) is 0 Å². The van der Waals surface area contributed by atoms with E-state index in [0.29, 0.717) is 45.4 Å². The summed E-state index contributed by atoms with van der Waals surface area (Å²) in [6.45, 7) is 0. The first-order valence-corrected chi connectivity index (χ1v) is 10.9. The van der Waals surface area contributed by atoms with Gasteiger partial charge < -0.3 is 24.1 Å². The summed E-state index contributed by atoms with van der Waals surface area (Å²) in [4.78, 5) is 21.0. The molecule has 5 rings (SSSR count). The van der Waals surface area contributed by atoms with E-state index in [-0.39, 0.29) is 5.88 Å². The number of methoxy groups -OCH3 is 2. The molecule has 10 nitrogen and oxygen atoms in total. The topological polar surface area (TPSA) is 121 Å². The molecule has 10 heteroatoms. The molecule has 3 aromatic carbocycles. The van der Waals surface area contributed by atoms with Gasteiger partial charge in [0.05, 0.1) is 25.1 Å². The highest BCUT2D eigenvalue weighted by molar-refractivity contribution is 5.99. The molecule has 0 aliphatic carbocycles. The van der Waals surface area contributed by atoms with Crippen LogP contribution in [0.4, 0.5) is 16.4 Å². The maximum atomic E-state index is 12.5. The monoisotopic (exact) mass is 483 g/mol. The van der Waals surface area contributed by atoms with Crippen LogP contribution in [-0.4, -0.2) is 35.4 Å². The zero-order valence-electron chi connectivity index (χ0n) is 19.4. The molecule has 0 radical (unpaired) electrons. The highest BCUT2D eigenvalue weighted by Gasteiger charge is 2.14. The van der Waals surface area contributed by atoms with Crippen LogP contribution in [0, 0.1) is 0 Å². The lowest BCUT2D eigenvalue weighted by molar-refractivity contribution is 0.261. The van der Waals surface area contributed by atoms with E-state index in [4.69, 9.17) is 18.7 Å². The van der Waals surface area contributed by atoms with E-state index in [2.05, 4.69) is 25.8 Å². The number of rotatable bonds is 7. The van der Waals surface area contributed by atoms with Crippen LogP contribution in [0.2, 0.25) is 0 Å². The number of nitrogens with one attached hydrogen (secondary N) is 2. The third kappa shape index (κ3) is 4.87. The van der Waals surface area contributed by atoms with Gasteiger partial charge in [-0.25, -0.2) is 14.8 Å². The maximum absolute atomic E-state index is 12.5. The minimum atomic E-state index is -0.493. The Balaban J connectivity index is 1.30. The van der Waals surface area contributed by atoms with Crippen LogP contribution in [0.15, 0.2) is 83.6 Å². The smallest absolute Gasteiger partial charge is 0.326 e. The first-order valence-electron chi connectivity index (χ1n) is 10.9. The second kappa shape index (κ2) is 10.0. The van der Waals surface area contributed by atoms with E-state index in [9.17, 15) is 4.79 Å². The normalized spacial score (nSPS) is 10.6. The Morgan fingerprint density at radius 2 is 1.67 bits per heavy atom. The summed E-state index contributed by atoms with van der Waals surface area (Å²) in [5, 5.41) is 10.0. The van der Waals surface area contributed by atoms with Crippen LogP contribution < -0.4 is 24.8 Å². The fraction of sp³-hybridized carbons (Fsp3) is 0.0769. The molecule has 5 aromatic rings. The van der Waals surface area contributed by atoms with E-state index in [1.165, 1.54) is 6.33 Å². The Labute approximate surface area is 205 Å². The molecule has 2 N–H and O–H groups in total. The fourth-order valence-electron chi connectivity index (χ4n) is 3.54. The maximum Gasteiger partial charge on any atom is 0.326 e. The average molecular weight is 483 g/mol. The van der Waals surface area contributed by atoms with E-state index < -0.39 is 6.03 Å². The summed E-state index contributed by atoms with van der Waals surface area (Å²) in [6, 6.07) is 21.1. The van der Waals surface area contributed by atoms with E-state index in [1.54, 1.807) is 56.7 Å². The zero-order chi connectivity index (χ0) is 24.9. The molecule has 180 valence electrons. The summed E-state index contributed by atoms with van der Waals surface area (Å²) in [5.74, 6) is 2.09. The first-order chi connectivity index (χ1) is 17.6. The van der Waals surface area contributed by atoms with Crippen LogP contribution in [0.1, 0.15) is 0 Å². The number of amides is 2. The van der Waals surface area contributed by atoms with Gasteiger partial charge in [-0.15, -0.1) is 0 Å². The number of fused-ring (bicyclic) bond motifs is 1. The summed E-state index contributed by atoms with van der Waals surface area (Å²) in [5.41, 5.74) is 2.64. The molecule has 0 fully saturated rings. The third-order valence-corrected chi connectivity index (χ3v) is 5.23. The lowest BCUT2D eigenvalue weighted by Gasteiger charge is -2.12. The molecule has 0 spiro atoms. The Kier molecular flexibility index (Phi) is 6.31. The molecule has 0 aliphatic rings. The van der Waals surface area contributed by atoms with Crippen molar-refractivity contribution in [2.45, 2.75) is 0 Å². The Morgan fingerprint density at radius 1 is 0.861 bits per heavy atom. The highest BCUT2D eigenvalue weighted by Crippen LogP contribution is 2.36. The van der Waals surface area contributed by atoms with Gasteiger partial charge in [0, 0.05) is 29.4 Å². The Bertz CT molecular complexity index is 1520. The third-order valence-electron chi connectivity index (χ3n) is 5.23. The molecule has 0 saturated heterocycles. The number of anilines is 2. The SMILES string of the molecule is COc1cc2ncnc(Oc3cccc(NC(=O)Nc4cc(-c5ccccc5)no4)c3)c2cc1OC. The lowest BCUT2D eigenvalue weighted by atomic mass is 10.2. The van der Waals surface area contributed by atoms with Crippen molar-refractivity contribution in [3.63, 3.8) is 0 Å². The van der Waals surface area contributed by atoms with Crippen molar-refractivity contribution >= 4 is 28.5 Å². The summed E-state index contributed by atoms with van der Waals surface area (Å²) in [6.07, 6.45) is 1.40. The van der Waals surface area contributed by atoms with Crippen molar-refractivity contribution in [2.75, 3.05) is 24.9 Å². The number of ether oxygens (including phenoxy) is 3. The minimum absolute atomic E-state index is 0.218. The van der Waals surface area contributed by atoms with Crippen molar-refractivity contribution in [1.82, 2.24) is 15.1 Å². The molecule has 0 bridgehead atoms. The number of urea groups is 1. The van der Waals surface area contributed by atoms with Crippen LogP contribution >= 0.6 is 0 Å². The minimum Gasteiger partial charge on any atom is -0.493 e. The van der Waals surface area contributed by atoms with Gasteiger partial charge in [0.1, 0.15) is 17.8 Å². The number of carbonyl (C=O) groups excluding carboxylic acids is 1. The molecule has 0 aliphatic heterocycles. The van der Waals surface area contributed by atoms with Crippen LogP contribution in [-0.2, 0) is 0 Å². The van der Waals surface area contributed by atoms with Gasteiger partial charge in [0.2, 0.25) is 11.8 Å². The largest absolute Gasteiger partial charge is 0.493 e. The van der Waals surface area contributed by atoms with Gasteiger partial charge in [-0.1, -0.05) is 41.6 Å². The summed E-state index contributed by atoms with van der Waals surface area (Å²) in [7, 11) is 3.11. The van der Waals surface area contributed by atoms with Gasteiger partial charge in [-0.2, -0.15) is 0 Å². The summed E-state index contributed by atoms with van der Waals surface area (Å²) >= 11 is 0. The number of benzene rings is 3. The lowest BCUT2D eigenvalue weighted by Crippen LogP contribution is -2.19. The molecular formula is C26H21N5O5. The molecule has 0 unspecified atom stereocenters. The molecule has 2 aromatic heterocycles. The van der Waals surface area contributed by atoms with Gasteiger partial charge >= 0.3 is 6.03 Å². The van der Waals surface area contributed by atoms with E-state index in [0.717, 1.165) is 5.56 Å². The van der Waals surface area contributed by atoms with E-state index >= 15 is 0 Å². The van der Waals surface area contributed by atoms with Crippen molar-refractivity contribution in [3.8, 4) is 34.4 Å². The second-order valence-corrected chi connectivity index (χ2v) is 7.55. The highest BCUT2D eigenvalue weighted by atomic mass is 16.5. The Morgan fingerprint density at radius 3 is 2.47 bits per heavy atom. The van der Waals surface area contributed by atoms with Gasteiger partial charge in [0.15, 0.2) is 11.5 Å². The van der Waals surface area contributed by atoms with Crippen molar-refractivity contribution < 1.29 is 23.5 Å². The Hall–Kier alpha value is -5.12. The molecule has 36 heavy (non-hydrogen) atoms. The molecule has 2 heterocycles. The molecular weight excluding hydrogens is 462 g/mol. The molecule has 0 atom stereocenters. The molecule has 0 saturated carbocycles. The number of carbonyl (C=O) groups is 1. The van der Waals surface area contributed by atoms with Crippen LogP contribution in [0.25, 0.3) is 22.2 Å².